The molecule has 0 saturated carbocycles. The third-order valence-corrected chi connectivity index (χ3v) is 3.06. The molecule has 1 atom stereocenters. The lowest BCUT2D eigenvalue weighted by Gasteiger charge is -2.21. The minimum Gasteiger partial charge on any atom is -0.399 e. The minimum absolute atomic E-state index is 0.237. The van der Waals surface area contributed by atoms with E-state index in [2.05, 4.69) is 0 Å². The van der Waals surface area contributed by atoms with Gasteiger partial charge >= 0.3 is 0 Å². The van der Waals surface area contributed by atoms with Crippen LogP contribution in [0.3, 0.4) is 0 Å². The summed E-state index contributed by atoms with van der Waals surface area (Å²) in [5.74, 6) is -0.665. The molecule has 5 heteroatoms. The zero-order valence-corrected chi connectivity index (χ0v) is 9.53. The van der Waals surface area contributed by atoms with E-state index in [1.807, 2.05) is 4.90 Å². The van der Waals surface area contributed by atoms with E-state index >= 15 is 0 Å². The van der Waals surface area contributed by atoms with Crippen LogP contribution >= 0.6 is 0 Å². The Balaban J connectivity index is 2.12. The molecular weight excluding hydrogens is 221 g/mol. The molecule has 1 heterocycles. The fourth-order valence-electron chi connectivity index (χ4n) is 2.34. The first-order valence-corrected chi connectivity index (χ1v) is 5.64. The number of hydrogen-bond acceptors (Lipinski definition) is 3. The molecule has 17 heavy (non-hydrogen) atoms. The highest BCUT2D eigenvalue weighted by Gasteiger charge is 2.28. The number of primary amides is 1. The molecule has 4 N–H and O–H groups in total. The minimum atomic E-state index is -0.352. The number of amides is 1. The number of carbonyl (C=O) groups is 1. The van der Waals surface area contributed by atoms with Crippen molar-refractivity contribution >= 4 is 11.6 Å². The molecule has 0 spiro atoms. The SMILES string of the molecule is NC(=O)C1CCCN1Cc1cc(N)cc(F)c1. The largest absolute Gasteiger partial charge is 0.399 e. The van der Waals surface area contributed by atoms with Gasteiger partial charge in [0.25, 0.3) is 0 Å². The normalized spacial score (nSPS) is 20.6. The lowest BCUT2D eigenvalue weighted by molar-refractivity contribution is -0.122. The first kappa shape index (κ1) is 11.9. The lowest BCUT2D eigenvalue weighted by Crippen LogP contribution is -2.39. The molecule has 1 unspecified atom stereocenters. The Bertz CT molecular complexity index is 416. The molecule has 1 aromatic carbocycles. The van der Waals surface area contributed by atoms with Gasteiger partial charge in [-0.1, -0.05) is 0 Å². The first-order chi connectivity index (χ1) is 8.06. The van der Waals surface area contributed by atoms with Crippen molar-refractivity contribution in [3.63, 3.8) is 0 Å². The Morgan fingerprint density at radius 1 is 1.47 bits per heavy atom. The Kier molecular flexibility index (Phi) is 3.28. The van der Waals surface area contributed by atoms with Gasteiger partial charge in [-0.3, -0.25) is 9.69 Å². The van der Waals surface area contributed by atoms with Crippen LogP contribution in [0.4, 0.5) is 10.1 Å². The first-order valence-electron chi connectivity index (χ1n) is 5.64. The molecule has 1 aliphatic heterocycles. The van der Waals surface area contributed by atoms with Crippen LogP contribution in [0, 0.1) is 5.82 Å². The molecular formula is C12H16FN3O. The van der Waals surface area contributed by atoms with Crippen molar-refractivity contribution in [1.29, 1.82) is 0 Å². The maximum atomic E-state index is 13.2. The predicted octanol–water partition coefficient (Wildman–Crippen LogP) is 0.858. The van der Waals surface area contributed by atoms with Gasteiger partial charge in [-0.2, -0.15) is 0 Å². The van der Waals surface area contributed by atoms with Gasteiger partial charge in [-0.05, 0) is 43.1 Å². The van der Waals surface area contributed by atoms with Crippen molar-refractivity contribution in [3.8, 4) is 0 Å². The maximum absolute atomic E-state index is 13.2. The van der Waals surface area contributed by atoms with Gasteiger partial charge in [0.1, 0.15) is 5.82 Å². The Morgan fingerprint density at radius 3 is 2.88 bits per heavy atom. The van der Waals surface area contributed by atoms with Crippen LogP contribution < -0.4 is 11.5 Å². The van der Waals surface area contributed by atoms with Crippen molar-refractivity contribution in [1.82, 2.24) is 4.90 Å². The smallest absolute Gasteiger partial charge is 0.234 e. The molecule has 1 aromatic rings. The molecule has 1 fully saturated rings. The van der Waals surface area contributed by atoms with Crippen molar-refractivity contribution in [2.75, 3.05) is 12.3 Å². The van der Waals surface area contributed by atoms with Gasteiger partial charge in [0.15, 0.2) is 0 Å². The lowest BCUT2D eigenvalue weighted by atomic mass is 10.1. The quantitative estimate of drug-likeness (QED) is 0.766. The van der Waals surface area contributed by atoms with Crippen LogP contribution in [0.1, 0.15) is 18.4 Å². The molecule has 2 rings (SSSR count). The van der Waals surface area contributed by atoms with Gasteiger partial charge in [-0.25, -0.2) is 4.39 Å². The van der Waals surface area contributed by atoms with Gasteiger partial charge in [0.05, 0.1) is 6.04 Å². The predicted molar refractivity (Wildman–Crippen MR) is 63.4 cm³/mol. The van der Waals surface area contributed by atoms with Gasteiger partial charge < -0.3 is 11.5 Å². The van der Waals surface area contributed by atoms with Crippen molar-refractivity contribution in [3.05, 3.63) is 29.6 Å². The van der Waals surface area contributed by atoms with Gasteiger partial charge in [0.2, 0.25) is 5.91 Å². The van der Waals surface area contributed by atoms with Crippen LogP contribution in [0.2, 0.25) is 0 Å². The van der Waals surface area contributed by atoms with Crippen molar-refractivity contribution in [2.45, 2.75) is 25.4 Å². The number of benzene rings is 1. The standard InChI is InChI=1S/C12H16FN3O/c13-9-4-8(5-10(14)6-9)7-16-3-1-2-11(16)12(15)17/h4-6,11H,1-3,7,14H2,(H2,15,17). The Hall–Kier alpha value is -1.62. The van der Waals surface area contributed by atoms with E-state index in [-0.39, 0.29) is 17.8 Å². The number of nitrogen functional groups attached to an aromatic ring is 1. The number of likely N-dealkylation sites (tertiary alicyclic amines) is 1. The Labute approximate surface area is 99.4 Å². The van der Waals surface area contributed by atoms with Crippen LogP contribution in [0.15, 0.2) is 18.2 Å². The second-order valence-electron chi connectivity index (χ2n) is 4.42. The number of rotatable bonds is 3. The van der Waals surface area contributed by atoms with Crippen molar-refractivity contribution in [2.24, 2.45) is 5.73 Å². The summed E-state index contributed by atoms with van der Waals surface area (Å²) in [7, 11) is 0. The van der Waals surface area contributed by atoms with E-state index in [9.17, 15) is 9.18 Å². The summed E-state index contributed by atoms with van der Waals surface area (Å²) in [6.45, 7) is 1.32. The van der Waals surface area contributed by atoms with Gasteiger partial charge in [0, 0.05) is 12.2 Å². The summed E-state index contributed by atoms with van der Waals surface area (Å²) in [6, 6.07) is 4.20. The molecule has 0 aromatic heterocycles. The zero-order chi connectivity index (χ0) is 12.4. The Morgan fingerprint density at radius 2 is 2.24 bits per heavy atom. The molecule has 1 amide bonds. The highest BCUT2D eigenvalue weighted by atomic mass is 19.1. The summed E-state index contributed by atoms with van der Waals surface area (Å²) >= 11 is 0. The number of anilines is 1. The maximum Gasteiger partial charge on any atom is 0.234 e. The number of hydrogen-bond donors (Lipinski definition) is 2. The zero-order valence-electron chi connectivity index (χ0n) is 9.53. The second kappa shape index (κ2) is 4.71. The van der Waals surface area contributed by atoms with Crippen LogP contribution in [0.5, 0.6) is 0 Å². The molecule has 4 nitrogen and oxygen atoms in total. The molecule has 0 aliphatic carbocycles. The van der Waals surface area contributed by atoms with E-state index in [0.29, 0.717) is 12.2 Å². The van der Waals surface area contributed by atoms with Crippen molar-refractivity contribution < 1.29 is 9.18 Å². The van der Waals surface area contributed by atoms with E-state index < -0.39 is 0 Å². The fraction of sp³-hybridized carbons (Fsp3) is 0.417. The van der Waals surface area contributed by atoms with E-state index in [1.54, 1.807) is 6.07 Å². The molecule has 92 valence electrons. The summed E-state index contributed by atoms with van der Waals surface area (Å²) < 4.78 is 13.2. The number of nitrogens with zero attached hydrogens (tertiary/aromatic N) is 1. The number of halogens is 1. The monoisotopic (exact) mass is 237 g/mol. The van der Waals surface area contributed by atoms with Crippen LogP contribution in [-0.4, -0.2) is 23.4 Å². The number of nitrogens with two attached hydrogens (primary N) is 2. The third-order valence-electron chi connectivity index (χ3n) is 3.06. The fourth-order valence-corrected chi connectivity index (χ4v) is 2.34. The molecule has 0 bridgehead atoms. The van der Waals surface area contributed by atoms with E-state index in [0.717, 1.165) is 24.9 Å². The van der Waals surface area contributed by atoms with Gasteiger partial charge in [-0.15, -0.1) is 0 Å². The molecule has 1 aliphatic rings. The summed E-state index contributed by atoms with van der Waals surface area (Å²) in [5, 5.41) is 0. The summed E-state index contributed by atoms with van der Waals surface area (Å²) in [4.78, 5) is 13.2. The summed E-state index contributed by atoms with van der Waals surface area (Å²) in [6.07, 6.45) is 1.72. The summed E-state index contributed by atoms with van der Waals surface area (Å²) in [5.41, 5.74) is 12.1. The number of carbonyl (C=O) groups excluding carboxylic acids is 1. The van der Waals surface area contributed by atoms with E-state index in [1.165, 1.54) is 12.1 Å². The third kappa shape index (κ3) is 2.74. The van der Waals surface area contributed by atoms with E-state index in [4.69, 9.17) is 11.5 Å². The second-order valence-corrected chi connectivity index (χ2v) is 4.42. The van der Waals surface area contributed by atoms with Crippen LogP contribution in [-0.2, 0) is 11.3 Å². The highest BCUT2D eigenvalue weighted by molar-refractivity contribution is 5.80. The molecule has 1 saturated heterocycles. The average molecular weight is 237 g/mol. The molecule has 0 radical (unpaired) electrons. The topological polar surface area (TPSA) is 72.4 Å². The highest BCUT2D eigenvalue weighted by Crippen LogP contribution is 2.21. The van der Waals surface area contributed by atoms with Crippen LogP contribution in [0.25, 0.3) is 0 Å². The average Bonchev–Trinajstić information content (AvgIpc) is 2.63.